The van der Waals surface area contributed by atoms with Gasteiger partial charge in [0.05, 0.1) is 0 Å². The fourth-order valence-corrected chi connectivity index (χ4v) is 2.89. The number of pyridine rings is 1. The molecule has 1 aliphatic heterocycles. The minimum Gasteiger partial charge on any atom is -0.325 e. The molecule has 0 bridgehead atoms. The van der Waals surface area contributed by atoms with Crippen LogP contribution in [0.2, 0.25) is 0 Å². The van der Waals surface area contributed by atoms with Gasteiger partial charge in [-0.05, 0) is 51.0 Å². The first-order valence-corrected chi connectivity index (χ1v) is 6.98. The number of hydrogen-bond acceptors (Lipinski definition) is 4. The Labute approximate surface area is 113 Å². The van der Waals surface area contributed by atoms with Gasteiger partial charge in [0.1, 0.15) is 5.82 Å². The zero-order valence-corrected chi connectivity index (χ0v) is 11.4. The third-order valence-electron chi connectivity index (χ3n) is 4.09. The van der Waals surface area contributed by atoms with Crippen LogP contribution < -0.4 is 5.73 Å². The number of nitrogens with zero attached hydrogens (tertiary/aromatic N) is 4. The van der Waals surface area contributed by atoms with Crippen molar-refractivity contribution in [1.82, 2.24) is 19.5 Å². The average molecular weight is 259 g/mol. The minimum absolute atomic E-state index is 0.524. The number of rotatable bonds is 3. The van der Waals surface area contributed by atoms with Crippen molar-refractivity contribution in [1.29, 1.82) is 0 Å². The molecule has 3 heterocycles. The first-order chi connectivity index (χ1) is 9.28. The molecule has 1 saturated heterocycles. The molecule has 2 aromatic heterocycles. The molecule has 102 valence electrons. The van der Waals surface area contributed by atoms with Crippen LogP contribution >= 0.6 is 0 Å². The molecule has 0 saturated carbocycles. The van der Waals surface area contributed by atoms with Gasteiger partial charge in [-0.15, -0.1) is 10.2 Å². The minimum atomic E-state index is 0.524. The van der Waals surface area contributed by atoms with Gasteiger partial charge in [-0.3, -0.25) is 4.40 Å². The fraction of sp³-hybridized carbons (Fsp3) is 0.571. The molecule has 0 radical (unpaired) electrons. The normalized spacial score (nSPS) is 18.2. The molecule has 0 aromatic carbocycles. The average Bonchev–Trinajstić information content (AvgIpc) is 2.85. The molecular formula is C14H21N5. The molecule has 0 spiro atoms. The van der Waals surface area contributed by atoms with Crippen molar-refractivity contribution in [3.05, 3.63) is 29.7 Å². The highest BCUT2D eigenvalue weighted by molar-refractivity contribution is 5.40. The van der Waals surface area contributed by atoms with Gasteiger partial charge in [0.2, 0.25) is 0 Å². The van der Waals surface area contributed by atoms with E-state index < -0.39 is 0 Å². The lowest BCUT2D eigenvalue weighted by atomic mass is 9.93. The molecule has 0 unspecified atom stereocenters. The summed E-state index contributed by atoms with van der Waals surface area (Å²) in [6, 6.07) is 6.03. The first kappa shape index (κ1) is 12.6. The fourth-order valence-electron chi connectivity index (χ4n) is 2.89. The van der Waals surface area contributed by atoms with E-state index in [0.29, 0.717) is 6.54 Å². The lowest BCUT2D eigenvalue weighted by Gasteiger charge is -2.28. The second-order valence-corrected chi connectivity index (χ2v) is 5.48. The largest absolute Gasteiger partial charge is 0.325 e. The van der Waals surface area contributed by atoms with Gasteiger partial charge < -0.3 is 10.6 Å². The molecule has 0 atom stereocenters. The van der Waals surface area contributed by atoms with Crippen LogP contribution in [0.4, 0.5) is 0 Å². The highest BCUT2D eigenvalue weighted by Crippen LogP contribution is 2.21. The second-order valence-electron chi connectivity index (χ2n) is 5.48. The van der Waals surface area contributed by atoms with Crippen LogP contribution in [-0.4, -0.2) is 39.6 Å². The number of fused-ring (bicyclic) bond motifs is 1. The van der Waals surface area contributed by atoms with Gasteiger partial charge in [-0.2, -0.15) is 0 Å². The molecule has 3 rings (SSSR count). The molecule has 2 N–H and O–H groups in total. The van der Waals surface area contributed by atoms with Gasteiger partial charge in [-0.25, -0.2) is 0 Å². The van der Waals surface area contributed by atoms with Crippen molar-refractivity contribution in [3.63, 3.8) is 0 Å². The van der Waals surface area contributed by atoms with Crippen molar-refractivity contribution < 1.29 is 0 Å². The van der Waals surface area contributed by atoms with Crippen molar-refractivity contribution >= 4 is 5.65 Å². The summed E-state index contributed by atoms with van der Waals surface area (Å²) in [5, 5.41) is 8.62. The Morgan fingerprint density at radius 1 is 1.26 bits per heavy atom. The molecule has 1 aliphatic rings. The molecule has 5 nitrogen and oxygen atoms in total. The van der Waals surface area contributed by atoms with Crippen molar-refractivity contribution in [2.24, 2.45) is 11.7 Å². The van der Waals surface area contributed by atoms with Crippen molar-refractivity contribution in [2.45, 2.75) is 25.8 Å². The van der Waals surface area contributed by atoms with E-state index in [1.807, 2.05) is 12.1 Å². The Bertz CT molecular complexity index is 554. The number of likely N-dealkylation sites (tertiary alicyclic amines) is 1. The quantitative estimate of drug-likeness (QED) is 0.896. The summed E-state index contributed by atoms with van der Waals surface area (Å²) < 4.78 is 2.12. The first-order valence-electron chi connectivity index (χ1n) is 6.98. The van der Waals surface area contributed by atoms with Crippen LogP contribution in [0.15, 0.2) is 18.2 Å². The highest BCUT2D eigenvalue weighted by Gasteiger charge is 2.19. The Hall–Kier alpha value is -1.46. The van der Waals surface area contributed by atoms with E-state index in [-0.39, 0.29) is 0 Å². The summed E-state index contributed by atoms with van der Waals surface area (Å²) in [5.74, 6) is 1.78. The van der Waals surface area contributed by atoms with E-state index in [1.165, 1.54) is 25.9 Å². The zero-order valence-electron chi connectivity index (χ0n) is 11.4. The summed E-state index contributed by atoms with van der Waals surface area (Å²) in [5.41, 5.74) is 7.81. The topological polar surface area (TPSA) is 59.5 Å². The molecule has 0 aliphatic carbocycles. The number of nitrogens with two attached hydrogens (primary N) is 1. The van der Waals surface area contributed by atoms with E-state index in [4.69, 9.17) is 5.73 Å². The van der Waals surface area contributed by atoms with E-state index in [9.17, 15) is 0 Å². The van der Waals surface area contributed by atoms with Crippen LogP contribution in [0.25, 0.3) is 5.65 Å². The number of aromatic nitrogens is 3. The van der Waals surface area contributed by atoms with Crippen LogP contribution in [-0.2, 0) is 13.0 Å². The van der Waals surface area contributed by atoms with Gasteiger partial charge in [0.15, 0.2) is 5.65 Å². The molecule has 19 heavy (non-hydrogen) atoms. The molecular weight excluding hydrogens is 238 g/mol. The van der Waals surface area contributed by atoms with Gasteiger partial charge >= 0.3 is 0 Å². The molecule has 2 aromatic rings. The smallest absolute Gasteiger partial charge is 0.161 e. The molecule has 1 fully saturated rings. The lowest BCUT2D eigenvalue weighted by molar-refractivity contribution is 0.217. The van der Waals surface area contributed by atoms with E-state index in [2.05, 4.69) is 32.6 Å². The third-order valence-corrected chi connectivity index (χ3v) is 4.09. The third kappa shape index (κ3) is 2.48. The maximum Gasteiger partial charge on any atom is 0.161 e. The summed E-state index contributed by atoms with van der Waals surface area (Å²) in [6.07, 6.45) is 3.50. The maximum atomic E-state index is 5.81. The van der Waals surface area contributed by atoms with Crippen LogP contribution in [0.1, 0.15) is 24.4 Å². The van der Waals surface area contributed by atoms with E-state index in [1.54, 1.807) is 0 Å². The van der Waals surface area contributed by atoms with Crippen LogP contribution in [0.3, 0.4) is 0 Å². The predicted octanol–water partition coefficient (Wildman–Crippen LogP) is 1.07. The molecule has 0 amide bonds. The van der Waals surface area contributed by atoms with E-state index >= 15 is 0 Å². The van der Waals surface area contributed by atoms with Gasteiger partial charge in [-0.1, -0.05) is 6.07 Å². The number of piperidine rings is 1. The Balaban J connectivity index is 1.85. The summed E-state index contributed by atoms with van der Waals surface area (Å²) in [4.78, 5) is 2.39. The monoisotopic (exact) mass is 259 g/mol. The SMILES string of the molecule is CN1CCC(Cc2nnc3cccc(CN)n23)CC1. The molecule has 5 heteroatoms. The Kier molecular flexibility index (Phi) is 3.48. The highest BCUT2D eigenvalue weighted by atomic mass is 15.3. The lowest BCUT2D eigenvalue weighted by Crippen LogP contribution is -2.31. The number of hydrogen-bond donors (Lipinski definition) is 1. The van der Waals surface area contributed by atoms with Crippen molar-refractivity contribution in [3.8, 4) is 0 Å². The summed E-state index contributed by atoms with van der Waals surface area (Å²) in [7, 11) is 2.19. The summed E-state index contributed by atoms with van der Waals surface area (Å²) >= 11 is 0. The predicted molar refractivity (Wildman–Crippen MR) is 74.8 cm³/mol. The Morgan fingerprint density at radius 2 is 2.05 bits per heavy atom. The van der Waals surface area contributed by atoms with Crippen molar-refractivity contribution in [2.75, 3.05) is 20.1 Å². The zero-order chi connectivity index (χ0) is 13.2. The van der Waals surface area contributed by atoms with Gasteiger partial charge in [0, 0.05) is 18.7 Å². The van der Waals surface area contributed by atoms with Crippen LogP contribution in [0.5, 0.6) is 0 Å². The maximum absolute atomic E-state index is 5.81. The van der Waals surface area contributed by atoms with Crippen LogP contribution in [0, 0.1) is 5.92 Å². The Morgan fingerprint density at radius 3 is 2.79 bits per heavy atom. The van der Waals surface area contributed by atoms with Gasteiger partial charge in [0.25, 0.3) is 0 Å². The second kappa shape index (κ2) is 5.27. The summed E-state index contributed by atoms with van der Waals surface area (Å²) in [6.45, 7) is 2.89. The van der Waals surface area contributed by atoms with E-state index in [0.717, 1.165) is 29.5 Å². The standard InChI is InChI=1S/C14H21N5/c1-18-7-5-11(6-8-18)9-14-17-16-13-4-2-3-12(10-15)19(13)14/h2-4,11H,5-10,15H2,1H3.